The molecule has 2 aromatic carbocycles. The highest BCUT2D eigenvalue weighted by Gasteiger charge is 2.15. The van der Waals surface area contributed by atoms with Gasteiger partial charge in [0.1, 0.15) is 6.42 Å². The minimum Gasteiger partial charge on any atom is -0.372 e. The van der Waals surface area contributed by atoms with Crippen LogP contribution < -0.4 is 15.1 Å². The van der Waals surface area contributed by atoms with E-state index in [1.54, 1.807) is 7.05 Å². The molecule has 25 heavy (non-hydrogen) atoms. The topological polar surface area (TPSA) is 52.7 Å². The second-order valence-electron chi connectivity index (χ2n) is 5.73. The van der Waals surface area contributed by atoms with Gasteiger partial charge in [-0.1, -0.05) is 18.2 Å². The van der Waals surface area contributed by atoms with Gasteiger partial charge in [-0.05, 0) is 50.2 Å². The lowest BCUT2D eigenvalue weighted by molar-refractivity contribution is -0.125. The van der Waals surface area contributed by atoms with E-state index in [4.69, 9.17) is 0 Å². The van der Waals surface area contributed by atoms with Crippen molar-refractivity contribution in [1.29, 1.82) is 0 Å². The number of hydrogen-bond donors (Lipinski definition) is 1. The Bertz CT molecular complexity index is 695. The number of nitrogens with zero attached hydrogens (tertiary/aromatic N) is 2. The molecule has 2 aromatic rings. The number of para-hydroxylation sites is 1. The zero-order chi connectivity index (χ0) is 18.2. The van der Waals surface area contributed by atoms with Crippen LogP contribution in [-0.4, -0.2) is 32.0 Å². The summed E-state index contributed by atoms with van der Waals surface area (Å²) in [6.07, 6.45) is -0.191. The molecule has 0 saturated heterocycles. The number of rotatable bonds is 7. The summed E-state index contributed by atoms with van der Waals surface area (Å²) in [5, 5.41) is 2.78. The van der Waals surface area contributed by atoms with Gasteiger partial charge in [-0.25, -0.2) is 0 Å². The first-order chi connectivity index (χ1) is 12.0. The zero-order valence-electron chi connectivity index (χ0n) is 15.0. The minimum atomic E-state index is -0.316. The van der Waals surface area contributed by atoms with E-state index in [9.17, 15) is 9.59 Å². The van der Waals surface area contributed by atoms with E-state index in [-0.39, 0.29) is 18.2 Å². The maximum Gasteiger partial charge on any atom is 0.236 e. The maximum absolute atomic E-state index is 12.2. The van der Waals surface area contributed by atoms with E-state index in [2.05, 4.69) is 24.1 Å². The minimum absolute atomic E-state index is 0.191. The van der Waals surface area contributed by atoms with Crippen molar-refractivity contribution in [2.24, 2.45) is 0 Å². The highest BCUT2D eigenvalue weighted by Crippen LogP contribution is 2.18. The number of anilines is 3. The van der Waals surface area contributed by atoms with Crippen LogP contribution >= 0.6 is 0 Å². The SMILES string of the molecule is CCN(CC)c1ccc(NC(=O)CC(=O)N(C)c2ccccc2)cc1. The first kappa shape index (κ1) is 18.5. The molecule has 0 fully saturated rings. The van der Waals surface area contributed by atoms with Crippen LogP contribution in [0.4, 0.5) is 17.1 Å². The molecule has 2 rings (SSSR count). The number of nitrogens with one attached hydrogen (secondary N) is 1. The van der Waals surface area contributed by atoms with Gasteiger partial charge in [-0.3, -0.25) is 9.59 Å². The standard InChI is InChI=1S/C20H25N3O2/c1-4-23(5-2)18-13-11-16(12-14-18)21-19(24)15-20(25)22(3)17-9-7-6-8-10-17/h6-14H,4-5,15H2,1-3H3,(H,21,24). The van der Waals surface area contributed by atoms with Crippen LogP contribution in [0.1, 0.15) is 20.3 Å². The van der Waals surface area contributed by atoms with E-state index in [0.717, 1.165) is 24.5 Å². The lowest BCUT2D eigenvalue weighted by Gasteiger charge is -2.21. The third-order valence-electron chi connectivity index (χ3n) is 4.11. The molecular formula is C20H25N3O2. The van der Waals surface area contributed by atoms with Gasteiger partial charge in [0.05, 0.1) is 0 Å². The van der Waals surface area contributed by atoms with Crippen molar-refractivity contribution < 1.29 is 9.59 Å². The summed E-state index contributed by atoms with van der Waals surface area (Å²) in [7, 11) is 1.67. The highest BCUT2D eigenvalue weighted by atomic mass is 16.2. The molecule has 0 bridgehead atoms. The van der Waals surface area contributed by atoms with Gasteiger partial charge in [-0.15, -0.1) is 0 Å². The maximum atomic E-state index is 12.2. The summed E-state index contributed by atoms with van der Waals surface area (Å²) in [4.78, 5) is 28.1. The molecule has 0 aromatic heterocycles. The van der Waals surface area contributed by atoms with E-state index >= 15 is 0 Å². The average molecular weight is 339 g/mol. The molecule has 0 aliphatic rings. The third-order valence-corrected chi connectivity index (χ3v) is 4.11. The van der Waals surface area contributed by atoms with Gasteiger partial charge in [0.25, 0.3) is 0 Å². The van der Waals surface area contributed by atoms with Gasteiger partial charge in [-0.2, -0.15) is 0 Å². The number of amides is 2. The van der Waals surface area contributed by atoms with Gasteiger partial charge in [0.2, 0.25) is 11.8 Å². The highest BCUT2D eigenvalue weighted by molar-refractivity contribution is 6.08. The molecular weight excluding hydrogens is 314 g/mol. The summed E-state index contributed by atoms with van der Waals surface area (Å²) in [5.41, 5.74) is 2.57. The Morgan fingerprint density at radius 3 is 2.04 bits per heavy atom. The van der Waals surface area contributed by atoms with Gasteiger partial charge < -0.3 is 15.1 Å². The van der Waals surface area contributed by atoms with Crippen LogP contribution in [0.25, 0.3) is 0 Å². The van der Waals surface area contributed by atoms with Crippen molar-refractivity contribution in [1.82, 2.24) is 0 Å². The third kappa shape index (κ3) is 5.08. The lowest BCUT2D eigenvalue weighted by atomic mass is 10.2. The second-order valence-corrected chi connectivity index (χ2v) is 5.73. The van der Waals surface area contributed by atoms with E-state index in [0.29, 0.717) is 5.69 Å². The molecule has 0 aliphatic carbocycles. The average Bonchev–Trinajstić information content (AvgIpc) is 2.64. The van der Waals surface area contributed by atoms with Crippen molar-refractivity contribution in [2.45, 2.75) is 20.3 Å². The number of carbonyl (C=O) groups is 2. The molecule has 0 saturated carbocycles. The fourth-order valence-corrected chi connectivity index (χ4v) is 2.60. The Balaban J connectivity index is 1.92. The zero-order valence-corrected chi connectivity index (χ0v) is 15.0. The largest absolute Gasteiger partial charge is 0.372 e. The van der Waals surface area contributed by atoms with Crippen LogP contribution in [0.3, 0.4) is 0 Å². The molecule has 0 radical (unpaired) electrons. The van der Waals surface area contributed by atoms with E-state index in [1.807, 2.05) is 54.6 Å². The molecule has 2 amide bonds. The lowest BCUT2D eigenvalue weighted by Crippen LogP contribution is -2.30. The number of benzene rings is 2. The Morgan fingerprint density at radius 1 is 0.880 bits per heavy atom. The van der Waals surface area contributed by atoms with Gasteiger partial charge in [0, 0.05) is 37.2 Å². The molecule has 0 heterocycles. The van der Waals surface area contributed by atoms with Crippen LogP contribution in [0.5, 0.6) is 0 Å². The Labute approximate surface area is 149 Å². The predicted molar refractivity (Wildman–Crippen MR) is 103 cm³/mol. The van der Waals surface area contributed by atoms with Crippen molar-refractivity contribution in [3.8, 4) is 0 Å². The molecule has 5 nitrogen and oxygen atoms in total. The molecule has 5 heteroatoms. The first-order valence-electron chi connectivity index (χ1n) is 8.51. The predicted octanol–water partition coefficient (Wildman–Crippen LogP) is 3.52. The second kappa shape index (κ2) is 8.87. The Hall–Kier alpha value is -2.82. The number of hydrogen-bond acceptors (Lipinski definition) is 3. The molecule has 0 spiro atoms. The molecule has 0 unspecified atom stereocenters. The van der Waals surface area contributed by atoms with Crippen LogP contribution in [-0.2, 0) is 9.59 Å². The van der Waals surface area contributed by atoms with Crippen molar-refractivity contribution in [3.05, 3.63) is 54.6 Å². The first-order valence-corrected chi connectivity index (χ1v) is 8.51. The summed E-state index contributed by atoms with van der Waals surface area (Å²) >= 11 is 0. The Kier molecular flexibility index (Phi) is 6.57. The normalized spacial score (nSPS) is 10.2. The summed E-state index contributed by atoms with van der Waals surface area (Å²) in [5.74, 6) is -0.563. The fourth-order valence-electron chi connectivity index (χ4n) is 2.60. The number of carbonyl (C=O) groups excluding carboxylic acids is 2. The smallest absolute Gasteiger partial charge is 0.236 e. The van der Waals surface area contributed by atoms with Gasteiger partial charge >= 0.3 is 0 Å². The fraction of sp³-hybridized carbons (Fsp3) is 0.300. The van der Waals surface area contributed by atoms with Crippen LogP contribution in [0.15, 0.2) is 54.6 Å². The van der Waals surface area contributed by atoms with Crippen LogP contribution in [0, 0.1) is 0 Å². The molecule has 0 aliphatic heterocycles. The summed E-state index contributed by atoms with van der Waals surface area (Å²) < 4.78 is 0. The van der Waals surface area contributed by atoms with Crippen molar-refractivity contribution in [3.63, 3.8) is 0 Å². The quantitative estimate of drug-likeness (QED) is 0.785. The Morgan fingerprint density at radius 2 is 1.48 bits per heavy atom. The van der Waals surface area contributed by atoms with Gasteiger partial charge in [0.15, 0.2) is 0 Å². The summed E-state index contributed by atoms with van der Waals surface area (Å²) in [6.45, 7) is 6.08. The van der Waals surface area contributed by atoms with Crippen LogP contribution in [0.2, 0.25) is 0 Å². The monoisotopic (exact) mass is 339 g/mol. The summed E-state index contributed by atoms with van der Waals surface area (Å²) in [6, 6.07) is 16.9. The molecule has 1 N–H and O–H groups in total. The molecule has 0 atom stereocenters. The molecule has 132 valence electrons. The van der Waals surface area contributed by atoms with E-state index < -0.39 is 0 Å². The van der Waals surface area contributed by atoms with Crippen molar-refractivity contribution >= 4 is 28.9 Å². The van der Waals surface area contributed by atoms with Crippen molar-refractivity contribution in [2.75, 3.05) is 35.3 Å². The van der Waals surface area contributed by atoms with E-state index in [1.165, 1.54) is 4.90 Å².